The number of nitrogens with one attached hydrogen (secondary N) is 1. The molecule has 0 saturated heterocycles. The van der Waals surface area contributed by atoms with E-state index in [0.29, 0.717) is 26.6 Å². The second-order valence-electron chi connectivity index (χ2n) is 5.32. The van der Waals surface area contributed by atoms with Gasteiger partial charge in [0.2, 0.25) is 5.91 Å². The summed E-state index contributed by atoms with van der Waals surface area (Å²) in [5.74, 6) is -0.0175. The Bertz CT molecular complexity index is 812. The molecule has 0 aliphatic carbocycles. The Hall–Kier alpha value is -2.05. The molecule has 1 N–H and O–H groups in total. The number of ether oxygens (including phenoxy) is 1. The zero-order chi connectivity index (χ0) is 17.3. The molecule has 124 valence electrons. The van der Waals surface area contributed by atoms with Gasteiger partial charge in [-0.3, -0.25) is 14.5 Å². The Morgan fingerprint density at radius 1 is 1.33 bits per heavy atom. The van der Waals surface area contributed by atoms with E-state index < -0.39 is 6.10 Å². The van der Waals surface area contributed by atoms with Crippen molar-refractivity contribution in [2.45, 2.75) is 13.0 Å². The Kier molecular flexibility index (Phi) is 4.78. The minimum absolute atomic E-state index is 0.0364. The fourth-order valence-corrected chi connectivity index (χ4v) is 3.24. The normalized spacial score (nSPS) is 14.6. The van der Waals surface area contributed by atoms with Crippen LogP contribution in [0.3, 0.4) is 0 Å². The summed E-state index contributed by atoms with van der Waals surface area (Å²) in [6.07, 6.45) is -0.763. The third kappa shape index (κ3) is 3.39. The number of para-hydroxylation sites is 2. The van der Waals surface area contributed by atoms with E-state index in [9.17, 15) is 9.59 Å². The number of hydrogen-bond acceptors (Lipinski definition) is 3. The molecule has 1 atom stereocenters. The molecule has 3 rings (SSSR count). The van der Waals surface area contributed by atoms with E-state index in [0.717, 1.165) is 0 Å². The SMILES string of the molecule is CC(Oc1ccc(Cl)cc1Br)C(=O)N1CC(=O)Nc2ccccc21. The van der Waals surface area contributed by atoms with Gasteiger partial charge in [-0.15, -0.1) is 0 Å². The lowest BCUT2D eigenvalue weighted by Crippen LogP contribution is -2.47. The van der Waals surface area contributed by atoms with Crippen LogP contribution in [0.25, 0.3) is 0 Å². The molecule has 1 aliphatic rings. The Balaban J connectivity index is 1.82. The number of carbonyl (C=O) groups excluding carboxylic acids is 2. The van der Waals surface area contributed by atoms with Crippen LogP contribution in [0.4, 0.5) is 11.4 Å². The predicted molar refractivity (Wildman–Crippen MR) is 96.7 cm³/mol. The fourth-order valence-electron chi connectivity index (χ4n) is 2.46. The van der Waals surface area contributed by atoms with Crippen molar-refractivity contribution >= 4 is 50.7 Å². The van der Waals surface area contributed by atoms with Crippen LogP contribution >= 0.6 is 27.5 Å². The predicted octanol–water partition coefficient (Wildman–Crippen LogP) is 3.86. The van der Waals surface area contributed by atoms with Crippen LogP contribution < -0.4 is 15.0 Å². The molecule has 7 heteroatoms. The van der Waals surface area contributed by atoms with Gasteiger partial charge >= 0.3 is 0 Å². The van der Waals surface area contributed by atoms with Crippen molar-refractivity contribution in [1.82, 2.24) is 0 Å². The number of hydrogen-bond donors (Lipinski definition) is 1. The molecule has 0 aromatic heterocycles. The summed E-state index contributed by atoms with van der Waals surface area (Å²) in [5.41, 5.74) is 1.27. The van der Waals surface area contributed by atoms with Crippen molar-refractivity contribution in [3.63, 3.8) is 0 Å². The van der Waals surface area contributed by atoms with Gasteiger partial charge in [-0.2, -0.15) is 0 Å². The van der Waals surface area contributed by atoms with Crippen molar-refractivity contribution < 1.29 is 14.3 Å². The average Bonchev–Trinajstić information content (AvgIpc) is 2.55. The maximum atomic E-state index is 12.8. The van der Waals surface area contributed by atoms with Gasteiger partial charge < -0.3 is 10.1 Å². The van der Waals surface area contributed by atoms with Crippen LogP contribution in [0.15, 0.2) is 46.9 Å². The van der Waals surface area contributed by atoms with Crippen molar-refractivity contribution in [1.29, 1.82) is 0 Å². The highest BCUT2D eigenvalue weighted by Gasteiger charge is 2.30. The maximum absolute atomic E-state index is 12.8. The minimum atomic E-state index is -0.763. The van der Waals surface area contributed by atoms with Gasteiger partial charge in [-0.1, -0.05) is 23.7 Å². The number of carbonyl (C=O) groups is 2. The van der Waals surface area contributed by atoms with Gasteiger partial charge in [-0.25, -0.2) is 0 Å². The van der Waals surface area contributed by atoms with Gasteiger partial charge in [0, 0.05) is 5.02 Å². The van der Waals surface area contributed by atoms with Crippen molar-refractivity contribution in [3.8, 4) is 5.75 Å². The summed E-state index contributed by atoms with van der Waals surface area (Å²) in [6.45, 7) is 1.61. The molecule has 0 spiro atoms. The fraction of sp³-hybridized carbons (Fsp3) is 0.176. The smallest absolute Gasteiger partial charge is 0.268 e. The Morgan fingerprint density at radius 3 is 2.83 bits per heavy atom. The van der Waals surface area contributed by atoms with Gasteiger partial charge in [0.15, 0.2) is 6.10 Å². The Labute approximate surface area is 152 Å². The second kappa shape index (κ2) is 6.83. The molecule has 2 amide bonds. The first kappa shape index (κ1) is 16.8. The summed E-state index contributed by atoms with van der Waals surface area (Å²) in [5, 5.41) is 3.32. The third-order valence-electron chi connectivity index (χ3n) is 3.58. The van der Waals surface area contributed by atoms with Crippen LogP contribution in [0.2, 0.25) is 5.02 Å². The lowest BCUT2D eigenvalue weighted by Gasteiger charge is -2.31. The van der Waals surface area contributed by atoms with E-state index in [2.05, 4.69) is 21.2 Å². The monoisotopic (exact) mass is 408 g/mol. The van der Waals surface area contributed by atoms with Gasteiger partial charge in [0.05, 0.1) is 15.8 Å². The van der Waals surface area contributed by atoms with E-state index in [1.807, 2.05) is 6.07 Å². The van der Waals surface area contributed by atoms with Crippen LogP contribution in [0.5, 0.6) is 5.75 Å². The highest BCUT2D eigenvalue weighted by Crippen LogP contribution is 2.31. The molecule has 0 fully saturated rings. The summed E-state index contributed by atoms with van der Waals surface area (Å²) in [4.78, 5) is 26.0. The first-order valence-corrected chi connectivity index (χ1v) is 8.45. The molecule has 1 unspecified atom stereocenters. The molecular weight excluding hydrogens is 396 g/mol. The number of anilines is 2. The quantitative estimate of drug-likeness (QED) is 0.837. The van der Waals surface area contributed by atoms with E-state index in [4.69, 9.17) is 16.3 Å². The van der Waals surface area contributed by atoms with E-state index in [1.165, 1.54) is 4.90 Å². The molecule has 0 saturated carbocycles. The third-order valence-corrected chi connectivity index (χ3v) is 4.44. The van der Waals surface area contributed by atoms with Crippen LogP contribution in [-0.2, 0) is 9.59 Å². The molecule has 2 aromatic carbocycles. The average molecular weight is 410 g/mol. The minimum Gasteiger partial charge on any atom is -0.480 e. The van der Waals surface area contributed by atoms with Crippen LogP contribution in [-0.4, -0.2) is 24.5 Å². The van der Waals surface area contributed by atoms with Crippen LogP contribution in [0, 0.1) is 0 Å². The maximum Gasteiger partial charge on any atom is 0.268 e. The van der Waals surface area contributed by atoms with Crippen molar-refractivity contribution in [2.24, 2.45) is 0 Å². The second-order valence-corrected chi connectivity index (χ2v) is 6.62. The summed E-state index contributed by atoms with van der Waals surface area (Å²) in [6, 6.07) is 12.2. The molecule has 0 bridgehead atoms. The lowest BCUT2D eigenvalue weighted by molar-refractivity contribution is -0.126. The topological polar surface area (TPSA) is 58.6 Å². The number of rotatable bonds is 3. The van der Waals surface area contributed by atoms with E-state index in [-0.39, 0.29) is 18.4 Å². The number of benzene rings is 2. The zero-order valence-electron chi connectivity index (χ0n) is 12.8. The lowest BCUT2D eigenvalue weighted by atomic mass is 10.1. The number of nitrogens with zero attached hydrogens (tertiary/aromatic N) is 1. The molecule has 5 nitrogen and oxygen atoms in total. The highest BCUT2D eigenvalue weighted by molar-refractivity contribution is 9.10. The Morgan fingerprint density at radius 2 is 2.08 bits per heavy atom. The first-order valence-electron chi connectivity index (χ1n) is 7.27. The summed E-state index contributed by atoms with van der Waals surface area (Å²) in [7, 11) is 0. The molecule has 1 heterocycles. The van der Waals surface area contributed by atoms with Gasteiger partial charge in [0.25, 0.3) is 5.91 Å². The number of amides is 2. The standard InChI is InChI=1S/C17H14BrClN2O3/c1-10(24-15-7-6-11(19)8-12(15)18)17(23)21-9-16(22)20-13-4-2-3-5-14(13)21/h2-8,10H,9H2,1H3,(H,20,22). The molecule has 0 radical (unpaired) electrons. The van der Waals surface area contributed by atoms with E-state index >= 15 is 0 Å². The summed E-state index contributed by atoms with van der Waals surface area (Å²) < 4.78 is 6.40. The molecular formula is C17H14BrClN2O3. The van der Waals surface area contributed by atoms with Gasteiger partial charge in [0.1, 0.15) is 12.3 Å². The summed E-state index contributed by atoms with van der Waals surface area (Å²) >= 11 is 9.26. The largest absolute Gasteiger partial charge is 0.480 e. The van der Waals surface area contributed by atoms with E-state index in [1.54, 1.807) is 43.3 Å². The zero-order valence-corrected chi connectivity index (χ0v) is 15.1. The van der Waals surface area contributed by atoms with Crippen molar-refractivity contribution in [3.05, 3.63) is 52.0 Å². The van der Waals surface area contributed by atoms with Crippen molar-refractivity contribution in [2.75, 3.05) is 16.8 Å². The first-order chi connectivity index (χ1) is 11.5. The molecule has 1 aliphatic heterocycles. The highest BCUT2D eigenvalue weighted by atomic mass is 79.9. The van der Waals surface area contributed by atoms with Crippen LogP contribution in [0.1, 0.15) is 6.92 Å². The molecule has 24 heavy (non-hydrogen) atoms. The number of halogens is 2. The van der Waals surface area contributed by atoms with Gasteiger partial charge in [-0.05, 0) is 53.2 Å². The number of fused-ring (bicyclic) bond motifs is 1. The molecule has 2 aromatic rings.